The van der Waals surface area contributed by atoms with E-state index in [2.05, 4.69) is 40.3 Å². The van der Waals surface area contributed by atoms with Crippen molar-refractivity contribution in [3.05, 3.63) is 53.9 Å². The number of benzene rings is 1. The third-order valence-electron chi connectivity index (χ3n) is 3.74. The minimum Gasteiger partial charge on any atom is -0.487 e. The molecule has 1 aromatic heterocycles. The monoisotopic (exact) mass is 283 g/mol. The molecule has 0 unspecified atom stereocenters. The molecule has 1 aliphatic heterocycles. The maximum Gasteiger partial charge on any atom is 0.130 e. The summed E-state index contributed by atoms with van der Waals surface area (Å²) in [4.78, 5) is 6.68. The summed E-state index contributed by atoms with van der Waals surface area (Å²) in [6.07, 6.45) is 1.79. The third kappa shape index (κ3) is 3.52. The zero-order chi connectivity index (χ0) is 14.5. The highest BCUT2D eigenvalue weighted by molar-refractivity contribution is 5.53. The fraction of sp³-hybridized carbons (Fsp3) is 0.353. The summed E-state index contributed by atoms with van der Waals surface area (Å²) in [7, 11) is 0. The van der Waals surface area contributed by atoms with Crippen LogP contribution in [-0.2, 0) is 6.61 Å². The molecule has 0 radical (unpaired) electrons. The van der Waals surface area contributed by atoms with E-state index >= 15 is 0 Å². The average Bonchev–Trinajstić information content (AvgIpc) is 2.55. The van der Waals surface area contributed by atoms with Crippen LogP contribution in [0.3, 0.4) is 0 Å². The second kappa shape index (κ2) is 6.59. The number of aromatic nitrogens is 1. The van der Waals surface area contributed by atoms with Gasteiger partial charge >= 0.3 is 0 Å². The van der Waals surface area contributed by atoms with Crippen LogP contribution in [0.25, 0.3) is 0 Å². The van der Waals surface area contributed by atoms with Gasteiger partial charge in [0, 0.05) is 38.1 Å². The van der Waals surface area contributed by atoms with Crippen molar-refractivity contribution < 1.29 is 4.74 Å². The molecule has 0 bridgehead atoms. The zero-order valence-corrected chi connectivity index (χ0v) is 12.4. The Morgan fingerprint density at radius 3 is 2.76 bits per heavy atom. The van der Waals surface area contributed by atoms with Crippen LogP contribution in [0.1, 0.15) is 11.3 Å². The molecule has 4 nitrogen and oxygen atoms in total. The Morgan fingerprint density at radius 1 is 1.19 bits per heavy atom. The lowest BCUT2D eigenvalue weighted by molar-refractivity contribution is 0.299. The highest BCUT2D eigenvalue weighted by atomic mass is 16.5. The standard InChI is InChI=1S/C17H21N3O/c1-14-12-16(20-10-8-18-9-11-20)5-6-17(14)21-13-15-4-2-3-7-19-15/h2-7,12,18H,8-11,13H2,1H3. The molecule has 1 aliphatic rings. The molecule has 1 N–H and O–H groups in total. The zero-order valence-electron chi connectivity index (χ0n) is 12.4. The summed E-state index contributed by atoms with van der Waals surface area (Å²) in [6.45, 7) is 6.84. The topological polar surface area (TPSA) is 37.4 Å². The molecule has 0 saturated carbocycles. The fourth-order valence-corrected chi connectivity index (χ4v) is 2.55. The number of hydrogen-bond acceptors (Lipinski definition) is 4. The van der Waals surface area contributed by atoms with E-state index in [1.54, 1.807) is 6.20 Å². The van der Waals surface area contributed by atoms with Crippen molar-refractivity contribution in [1.29, 1.82) is 0 Å². The van der Waals surface area contributed by atoms with Gasteiger partial charge in [-0.3, -0.25) is 4.98 Å². The molecular formula is C17H21N3O. The molecule has 110 valence electrons. The summed E-state index contributed by atoms with van der Waals surface area (Å²) in [5.74, 6) is 0.930. The van der Waals surface area contributed by atoms with E-state index in [4.69, 9.17) is 4.74 Å². The van der Waals surface area contributed by atoms with E-state index in [9.17, 15) is 0 Å². The van der Waals surface area contributed by atoms with E-state index in [1.165, 1.54) is 11.3 Å². The van der Waals surface area contributed by atoms with Crippen molar-refractivity contribution in [2.45, 2.75) is 13.5 Å². The number of nitrogens with one attached hydrogen (secondary N) is 1. The van der Waals surface area contributed by atoms with E-state index < -0.39 is 0 Å². The minimum atomic E-state index is 0.509. The van der Waals surface area contributed by atoms with Gasteiger partial charge in [-0.2, -0.15) is 0 Å². The molecule has 2 aromatic rings. The maximum absolute atomic E-state index is 5.87. The minimum absolute atomic E-state index is 0.509. The largest absolute Gasteiger partial charge is 0.487 e. The molecule has 0 amide bonds. The van der Waals surface area contributed by atoms with E-state index in [0.29, 0.717) is 6.61 Å². The molecule has 0 atom stereocenters. The summed E-state index contributed by atoms with van der Waals surface area (Å²) >= 11 is 0. The van der Waals surface area contributed by atoms with Crippen LogP contribution < -0.4 is 15.0 Å². The smallest absolute Gasteiger partial charge is 0.130 e. The lowest BCUT2D eigenvalue weighted by Crippen LogP contribution is -2.43. The van der Waals surface area contributed by atoms with E-state index in [0.717, 1.165) is 37.6 Å². The maximum atomic E-state index is 5.87. The summed E-state index contributed by atoms with van der Waals surface area (Å²) in [5, 5.41) is 3.38. The van der Waals surface area contributed by atoms with Gasteiger partial charge in [0.1, 0.15) is 12.4 Å². The van der Waals surface area contributed by atoms with Crippen LogP contribution in [0.5, 0.6) is 5.75 Å². The molecule has 1 saturated heterocycles. The van der Waals surface area contributed by atoms with Crippen LogP contribution in [0.2, 0.25) is 0 Å². The first kappa shape index (κ1) is 13.9. The summed E-state index contributed by atoms with van der Waals surface area (Å²) in [5.41, 5.74) is 3.39. The van der Waals surface area contributed by atoms with Crippen molar-refractivity contribution in [3.63, 3.8) is 0 Å². The molecule has 4 heteroatoms. The first-order valence-corrected chi connectivity index (χ1v) is 7.42. The Bertz CT molecular complexity index is 580. The molecule has 0 spiro atoms. The van der Waals surface area contributed by atoms with Gasteiger partial charge in [-0.25, -0.2) is 0 Å². The summed E-state index contributed by atoms with van der Waals surface area (Å²) < 4.78 is 5.87. The van der Waals surface area contributed by atoms with Crippen LogP contribution in [0.15, 0.2) is 42.6 Å². The van der Waals surface area contributed by atoms with Gasteiger partial charge in [-0.05, 0) is 42.8 Å². The van der Waals surface area contributed by atoms with Gasteiger partial charge in [-0.15, -0.1) is 0 Å². The predicted molar refractivity (Wildman–Crippen MR) is 84.8 cm³/mol. The lowest BCUT2D eigenvalue weighted by atomic mass is 10.1. The normalized spacial score (nSPS) is 15.0. The van der Waals surface area contributed by atoms with Crippen LogP contribution in [-0.4, -0.2) is 31.2 Å². The number of hydrogen-bond donors (Lipinski definition) is 1. The first-order chi connectivity index (χ1) is 10.3. The van der Waals surface area contributed by atoms with Gasteiger partial charge in [-0.1, -0.05) is 6.07 Å². The molecular weight excluding hydrogens is 262 g/mol. The van der Waals surface area contributed by atoms with Gasteiger partial charge < -0.3 is 15.0 Å². The Hall–Kier alpha value is -2.07. The molecule has 2 heterocycles. The summed E-state index contributed by atoms with van der Waals surface area (Å²) in [6, 6.07) is 12.3. The van der Waals surface area contributed by atoms with Crippen LogP contribution >= 0.6 is 0 Å². The van der Waals surface area contributed by atoms with Gasteiger partial charge in [0.15, 0.2) is 0 Å². The number of anilines is 1. The van der Waals surface area contributed by atoms with Crippen LogP contribution in [0.4, 0.5) is 5.69 Å². The van der Waals surface area contributed by atoms with Crippen molar-refractivity contribution >= 4 is 5.69 Å². The number of piperazine rings is 1. The Morgan fingerprint density at radius 2 is 2.05 bits per heavy atom. The second-order valence-electron chi connectivity index (χ2n) is 5.30. The molecule has 3 rings (SSSR count). The van der Waals surface area contributed by atoms with Crippen molar-refractivity contribution in [1.82, 2.24) is 10.3 Å². The van der Waals surface area contributed by atoms with E-state index in [1.807, 2.05) is 18.2 Å². The van der Waals surface area contributed by atoms with Gasteiger partial charge in [0.25, 0.3) is 0 Å². The quantitative estimate of drug-likeness (QED) is 0.935. The highest BCUT2D eigenvalue weighted by Gasteiger charge is 2.11. The molecule has 0 aliphatic carbocycles. The molecule has 1 aromatic carbocycles. The SMILES string of the molecule is Cc1cc(N2CCNCC2)ccc1OCc1ccccn1. The van der Waals surface area contributed by atoms with Gasteiger partial charge in [0.05, 0.1) is 5.69 Å². The van der Waals surface area contributed by atoms with Gasteiger partial charge in [0.2, 0.25) is 0 Å². The third-order valence-corrected chi connectivity index (χ3v) is 3.74. The predicted octanol–water partition coefficient (Wildman–Crippen LogP) is 2.38. The molecule has 1 fully saturated rings. The van der Waals surface area contributed by atoms with Crippen molar-refractivity contribution in [2.24, 2.45) is 0 Å². The molecule has 21 heavy (non-hydrogen) atoms. The van der Waals surface area contributed by atoms with E-state index in [-0.39, 0.29) is 0 Å². The number of ether oxygens (including phenoxy) is 1. The average molecular weight is 283 g/mol. The van der Waals surface area contributed by atoms with Crippen LogP contribution in [0, 0.1) is 6.92 Å². The Balaban J connectivity index is 1.66. The fourth-order valence-electron chi connectivity index (χ4n) is 2.55. The number of pyridine rings is 1. The van der Waals surface area contributed by atoms with Crippen molar-refractivity contribution in [3.8, 4) is 5.75 Å². The number of rotatable bonds is 4. The lowest BCUT2D eigenvalue weighted by Gasteiger charge is -2.29. The first-order valence-electron chi connectivity index (χ1n) is 7.42. The number of aryl methyl sites for hydroxylation is 1. The Kier molecular flexibility index (Phi) is 4.36. The van der Waals surface area contributed by atoms with Crippen molar-refractivity contribution in [2.75, 3.05) is 31.1 Å². The highest BCUT2D eigenvalue weighted by Crippen LogP contribution is 2.25. The number of nitrogens with zero attached hydrogens (tertiary/aromatic N) is 2. The Labute approximate surface area is 125 Å². The second-order valence-corrected chi connectivity index (χ2v) is 5.30.